The summed E-state index contributed by atoms with van der Waals surface area (Å²) in [5.41, 5.74) is 2.71. The van der Waals surface area contributed by atoms with E-state index in [4.69, 9.17) is 0 Å². The van der Waals surface area contributed by atoms with Gasteiger partial charge in [0.05, 0.1) is 17.0 Å². The van der Waals surface area contributed by atoms with Gasteiger partial charge in [0.2, 0.25) is 0 Å². The Balaban J connectivity index is 1.78. The van der Waals surface area contributed by atoms with E-state index in [0.29, 0.717) is 11.7 Å². The van der Waals surface area contributed by atoms with E-state index >= 15 is 0 Å². The number of hydrogen-bond acceptors (Lipinski definition) is 5. The van der Waals surface area contributed by atoms with E-state index in [9.17, 15) is 4.79 Å². The van der Waals surface area contributed by atoms with Gasteiger partial charge in [0.25, 0.3) is 5.56 Å². The van der Waals surface area contributed by atoms with Crippen LogP contribution in [0.25, 0.3) is 0 Å². The first-order chi connectivity index (χ1) is 10.2. The highest BCUT2D eigenvalue weighted by molar-refractivity contribution is 9.10. The van der Waals surface area contributed by atoms with Gasteiger partial charge < -0.3 is 4.98 Å². The summed E-state index contributed by atoms with van der Waals surface area (Å²) < 4.78 is 0.973. The van der Waals surface area contributed by atoms with Crippen molar-refractivity contribution in [1.29, 1.82) is 0 Å². The molecule has 7 heteroatoms. The number of nitrogens with zero attached hydrogens (tertiary/aromatic N) is 3. The van der Waals surface area contributed by atoms with Crippen LogP contribution < -0.4 is 5.56 Å². The van der Waals surface area contributed by atoms with Crippen LogP contribution in [0.1, 0.15) is 17.0 Å². The number of halogens is 1. The minimum atomic E-state index is -0.0159. The molecule has 0 saturated carbocycles. The lowest BCUT2D eigenvalue weighted by atomic mass is 10.1. The zero-order valence-corrected chi connectivity index (χ0v) is 14.0. The van der Waals surface area contributed by atoms with Gasteiger partial charge >= 0.3 is 0 Å². The monoisotopic (exact) mass is 366 g/mol. The molecule has 21 heavy (non-hydrogen) atoms. The largest absolute Gasteiger partial charge is 0.301 e. The molecule has 0 aromatic carbocycles. The van der Waals surface area contributed by atoms with E-state index in [1.54, 1.807) is 6.20 Å². The van der Waals surface area contributed by atoms with E-state index in [1.807, 2.05) is 18.4 Å². The highest BCUT2D eigenvalue weighted by Gasteiger charge is 2.21. The maximum atomic E-state index is 12.1. The molecule has 0 unspecified atom stereocenters. The molecule has 1 aliphatic heterocycles. The molecule has 3 heterocycles. The van der Waals surface area contributed by atoms with E-state index in [1.165, 1.54) is 11.8 Å². The molecule has 0 amide bonds. The minimum Gasteiger partial charge on any atom is -0.301 e. The highest BCUT2D eigenvalue weighted by Crippen LogP contribution is 2.18. The standard InChI is InChI=1S/C14H15BrN4OS/c1-21-14-17-12-4-5-19(8-11(12)13(20)18-14)7-10-3-2-9(15)6-16-10/h2-3,6H,4-5,7-8H2,1H3,(H,17,18,20). The van der Waals surface area contributed by atoms with Crippen molar-refractivity contribution >= 4 is 27.7 Å². The van der Waals surface area contributed by atoms with E-state index < -0.39 is 0 Å². The van der Waals surface area contributed by atoms with Crippen molar-refractivity contribution in [2.75, 3.05) is 12.8 Å². The smallest absolute Gasteiger partial charge is 0.256 e. The summed E-state index contributed by atoms with van der Waals surface area (Å²) in [4.78, 5) is 26.1. The molecule has 2 aromatic rings. The van der Waals surface area contributed by atoms with Gasteiger partial charge in [-0.25, -0.2) is 4.98 Å². The maximum absolute atomic E-state index is 12.1. The first-order valence-electron chi connectivity index (χ1n) is 6.64. The second-order valence-electron chi connectivity index (χ2n) is 4.93. The summed E-state index contributed by atoms with van der Waals surface area (Å²) in [6.07, 6.45) is 4.52. The first-order valence-corrected chi connectivity index (χ1v) is 8.66. The van der Waals surface area contributed by atoms with E-state index in [0.717, 1.165) is 40.9 Å². The van der Waals surface area contributed by atoms with E-state index in [2.05, 4.69) is 35.8 Å². The fourth-order valence-corrected chi connectivity index (χ4v) is 3.05. The first kappa shape index (κ1) is 14.7. The molecule has 2 aromatic heterocycles. The molecule has 1 aliphatic rings. The number of nitrogens with one attached hydrogen (secondary N) is 1. The Morgan fingerprint density at radius 2 is 2.33 bits per heavy atom. The summed E-state index contributed by atoms with van der Waals surface area (Å²) >= 11 is 4.85. The van der Waals surface area contributed by atoms with Crippen LogP contribution in [0, 0.1) is 0 Å². The predicted octanol–water partition coefficient (Wildman–Crippen LogP) is 2.21. The molecule has 0 fully saturated rings. The normalized spacial score (nSPS) is 15.0. The third-order valence-corrected chi connectivity index (χ3v) is 4.54. The van der Waals surface area contributed by atoms with Crippen LogP contribution in [-0.2, 0) is 19.5 Å². The van der Waals surface area contributed by atoms with Crippen molar-refractivity contribution in [3.05, 3.63) is 50.1 Å². The third kappa shape index (κ3) is 3.36. The van der Waals surface area contributed by atoms with Crippen LogP contribution in [0.2, 0.25) is 0 Å². The topological polar surface area (TPSA) is 61.9 Å². The predicted molar refractivity (Wildman–Crippen MR) is 86.4 cm³/mol. The number of H-pyrrole nitrogens is 1. The van der Waals surface area contributed by atoms with E-state index in [-0.39, 0.29) is 5.56 Å². The lowest BCUT2D eigenvalue weighted by molar-refractivity contribution is 0.238. The molecule has 0 saturated heterocycles. The molecule has 1 N–H and O–H groups in total. The number of rotatable bonds is 3. The molecule has 0 atom stereocenters. The SMILES string of the molecule is CSc1nc2c(c(=O)[nH]1)CN(Cc1ccc(Br)cn1)CC2. The Labute approximate surface area is 135 Å². The van der Waals surface area contributed by atoms with Crippen LogP contribution in [0.5, 0.6) is 0 Å². The number of aromatic nitrogens is 3. The van der Waals surface area contributed by atoms with Crippen molar-refractivity contribution in [2.24, 2.45) is 0 Å². The van der Waals surface area contributed by atoms with Gasteiger partial charge in [-0.1, -0.05) is 11.8 Å². The molecular formula is C14H15BrN4OS. The molecule has 110 valence electrons. The van der Waals surface area contributed by atoms with Crippen LogP contribution in [0.15, 0.2) is 32.8 Å². The highest BCUT2D eigenvalue weighted by atomic mass is 79.9. The molecule has 0 aliphatic carbocycles. The van der Waals surface area contributed by atoms with Gasteiger partial charge in [-0.3, -0.25) is 14.7 Å². The summed E-state index contributed by atoms with van der Waals surface area (Å²) in [5.74, 6) is 0. The Bertz CT molecular complexity index is 701. The number of aromatic amines is 1. The number of hydrogen-bond donors (Lipinski definition) is 1. The zero-order valence-electron chi connectivity index (χ0n) is 11.6. The summed E-state index contributed by atoms with van der Waals surface area (Å²) in [7, 11) is 0. The molecule has 0 radical (unpaired) electrons. The van der Waals surface area contributed by atoms with Crippen molar-refractivity contribution in [3.8, 4) is 0 Å². The quantitative estimate of drug-likeness (QED) is 0.666. The van der Waals surface area contributed by atoms with Crippen molar-refractivity contribution < 1.29 is 0 Å². The average molecular weight is 367 g/mol. The third-order valence-electron chi connectivity index (χ3n) is 3.49. The van der Waals surface area contributed by atoms with Crippen molar-refractivity contribution in [1.82, 2.24) is 19.9 Å². The van der Waals surface area contributed by atoms with Gasteiger partial charge in [-0.2, -0.15) is 0 Å². The van der Waals surface area contributed by atoms with Crippen LogP contribution in [0.4, 0.5) is 0 Å². The summed E-state index contributed by atoms with van der Waals surface area (Å²) in [5, 5.41) is 0.696. The Hall–Kier alpha value is -1.18. The summed E-state index contributed by atoms with van der Waals surface area (Å²) in [6.45, 7) is 2.27. The minimum absolute atomic E-state index is 0.0159. The second kappa shape index (κ2) is 6.29. The maximum Gasteiger partial charge on any atom is 0.256 e. The summed E-state index contributed by atoms with van der Waals surface area (Å²) in [6, 6.07) is 3.98. The van der Waals surface area contributed by atoms with Gasteiger partial charge in [0.15, 0.2) is 5.16 Å². The van der Waals surface area contributed by atoms with Crippen molar-refractivity contribution in [2.45, 2.75) is 24.7 Å². The number of thioether (sulfide) groups is 1. The Morgan fingerprint density at radius 1 is 1.48 bits per heavy atom. The molecule has 3 rings (SSSR count). The molecule has 5 nitrogen and oxygen atoms in total. The Kier molecular flexibility index (Phi) is 4.42. The van der Waals surface area contributed by atoms with Crippen LogP contribution in [-0.4, -0.2) is 32.7 Å². The second-order valence-corrected chi connectivity index (χ2v) is 6.64. The van der Waals surface area contributed by atoms with Gasteiger partial charge in [-0.05, 0) is 34.3 Å². The molecular weight excluding hydrogens is 352 g/mol. The average Bonchev–Trinajstić information content (AvgIpc) is 2.50. The number of fused-ring (bicyclic) bond motifs is 1. The lowest BCUT2D eigenvalue weighted by Gasteiger charge is -2.27. The van der Waals surface area contributed by atoms with Gasteiger partial charge in [-0.15, -0.1) is 0 Å². The fourth-order valence-electron chi connectivity index (χ4n) is 2.42. The van der Waals surface area contributed by atoms with Crippen LogP contribution in [0.3, 0.4) is 0 Å². The van der Waals surface area contributed by atoms with Crippen LogP contribution >= 0.6 is 27.7 Å². The van der Waals surface area contributed by atoms with Gasteiger partial charge in [0, 0.05) is 36.7 Å². The lowest BCUT2D eigenvalue weighted by Crippen LogP contribution is -2.35. The van der Waals surface area contributed by atoms with Gasteiger partial charge in [0.1, 0.15) is 0 Å². The molecule has 0 spiro atoms. The fraction of sp³-hybridized carbons (Fsp3) is 0.357. The molecule has 0 bridgehead atoms. The zero-order chi connectivity index (χ0) is 14.8. The number of pyridine rings is 1. The van der Waals surface area contributed by atoms with Crippen molar-refractivity contribution in [3.63, 3.8) is 0 Å². The Morgan fingerprint density at radius 3 is 3.05 bits per heavy atom.